The van der Waals surface area contributed by atoms with Gasteiger partial charge in [0.2, 0.25) is 5.91 Å². The van der Waals surface area contributed by atoms with Crippen LogP contribution in [0.25, 0.3) is 11.3 Å². The number of amides is 1. The SMILES string of the molecule is CCNC(=NCCC(=O)Nc1cccc(C)n1)N(C)Cc1ncc(-c2ccccc2)[nH]1. The van der Waals surface area contributed by atoms with Crippen LogP contribution in [-0.4, -0.2) is 51.9 Å². The summed E-state index contributed by atoms with van der Waals surface area (Å²) in [6.07, 6.45) is 2.11. The van der Waals surface area contributed by atoms with Crippen LogP contribution in [0.5, 0.6) is 0 Å². The molecule has 3 rings (SSSR count). The third-order valence-corrected chi connectivity index (χ3v) is 4.55. The van der Waals surface area contributed by atoms with E-state index in [2.05, 4.69) is 30.6 Å². The highest BCUT2D eigenvalue weighted by molar-refractivity contribution is 5.90. The van der Waals surface area contributed by atoms with Gasteiger partial charge in [0.25, 0.3) is 0 Å². The summed E-state index contributed by atoms with van der Waals surface area (Å²) in [5.41, 5.74) is 2.94. The zero-order chi connectivity index (χ0) is 22.1. The maximum atomic E-state index is 12.2. The van der Waals surface area contributed by atoms with E-state index < -0.39 is 0 Å². The van der Waals surface area contributed by atoms with Crippen LogP contribution in [0.1, 0.15) is 24.9 Å². The molecule has 1 aromatic carbocycles. The van der Waals surface area contributed by atoms with Crippen molar-refractivity contribution in [3.8, 4) is 11.3 Å². The van der Waals surface area contributed by atoms with Crippen LogP contribution in [0, 0.1) is 6.92 Å². The first-order valence-corrected chi connectivity index (χ1v) is 10.4. The molecule has 162 valence electrons. The van der Waals surface area contributed by atoms with Crippen LogP contribution in [-0.2, 0) is 11.3 Å². The monoisotopic (exact) mass is 419 g/mol. The minimum absolute atomic E-state index is 0.112. The normalized spacial score (nSPS) is 11.3. The van der Waals surface area contributed by atoms with Crippen LogP contribution >= 0.6 is 0 Å². The molecule has 0 spiro atoms. The molecule has 3 aromatic rings. The lowest BCUT2D eigenvalue weighted by Gasteiger charge is -2.21. The van der Waals surface area contributed by atoms with Gasteiger partial charge in [-0.3, -0.25) is 9.79 Å². The number of aromatic amines is 1. The molecular formula is C23H29N7O. The molecule has 0 atom stereocenters. The van der Waals surface area contributed by atoms with Gasteiger partial charge in [0.15, 0.2) is 5.96 Å². The Morgan fingerprint density at radius 2 is 1.97 bits per heavy atom. The van der Waals surface area contributed by atoms with Crippen molar-refractivity contribution in [3.63, 3.8) is 0 Å². The Hall–Kier alpha value is -3.68. The van der Waals surface area contributed by atoms with Gasteiger partial charge in [0.1, 0.15) is 11.6 Å². The number of H-pyrrole nitrogens is 1. The number of carbonyl (C=O) groups is 1. The first-order chi connectivity index (χ1) is 15.0. The number of rotatable bonds is 8. The molecule has 1 amide bonds. The van der Waals surface area contributed by atoms with E-state index in [1.54, 1.807) is 6.07 Å². The summed E-state index contributed by atoms with van der Waals surface area (Å²) in [6, 6.07) is 15.6. The maximum absolute atomic E-state index is 12.2. The number of aromatic nitrogens is 3. The highest BCUT2D eigenvalue weighted by Crippen LogP contribution is 2.16. The molecule has 0 saturated heterocycles. The van der Waals surface area contributed by atoms with Gasteiger partial charge in [-0.1, -0.05) is 36.4 Å². The van der Waals surface area contributed by atoms with Gasteiger partial charge in [0, 0.05) is 25.7 Å². The van der Waals surface area contributed by atoms with E-state index >= 15 is 0 Å². The van der Waals surface area contributed by atoms with E-state index in [9.17, 15) is 4.79 Å². The molecule has 0 fully saturated rings. The zero-order valence-electron chi connectivity index (χ0n) is 18.2. The first-order valence-electron chi connectivity index (χ1n) is 10.4. The van der Waals surface area contributed by atoms with E-state index in [1.165, 1.54) is 0 Å². The largest absolute Gasteiger partial charge is 0.357 e. The summed E-state index contributed by atoms with van der Waals surface area (Å²) in [7, 11) is 1.95. The number of pyridine rings is 1. The van der Waals surface area contributed by atoms with Crippen molar-refractivity contribution in [1.29, 1.82) is 0 Å². The van der Waals surface area contributed by atoms with Crippen molar-refractivity contribution in [1.82, 2.24) is 25.2 Å². The summed E-state index contributed by atoms with van der Waals surface area (Å²) < 4.78 is 0. The van der Waals surface area contributed by atoms with Crippen molar-refractivity contribution in [2.75, 3.05) is 25.5 Å². The third kappa shape index (κ3) is 6.67. The number of nitrogens with one attached hydrogen (secondary N) is 3. The number of nitrogens with zero attached hydrogens (tertiary/aromatic N) is 4. The molecule has 0 bridgehead atoms. The molecule has 0 saturated carbocycles. The highest BCUT2D eigenvalue weighted by atomic mass is 16.1. The Balaban J connectivity index is 1.56. The lowest BCUT2D eigenvalue weighted by molar-refractivity contribution is -0.116. The second kappa shape index (κ2) is 10.9. The minimum atomic E-state index is -0.112. The second-order valence-corrected chi connectivity index (χ2v) is 7.16. The molecule has 0 aliphatic carbocycles. The summed E-state index contributed by atoms with van der Waals surface area (Å²) in [5, 5.41) is 6.07. The van der Waals surface area contributed by atoms with Gasteiger partial charge in [0.05, 0.1) is 25.0 Å². The van der Waals surface area contributed by atoms with Crippen molar-refractivity contribution in [2.45, 2.75) is 26.8 Å². The number of carbonyl (C=O) groups excluding carboxylic acids is 1. The summed E-state index contributed by atoms with van der Waals surface area (Å²) in [4.78, 5) is 30.9. The summed E-state index contributed by atoms with van der Waals surface area (Å²) in [6.45, 7) is 5.58. The highest BCUT2D eigenvalue weighted by Gasteiger charge is 2.10. The fourth-order valence-corrected chi connectivity index (χ4v) is 3.06. The minimum Gasteiger partial charge on any atom is -0.357 e. The van der Waals surface area contributed by atoms with Crippen LogP contribution in [0.15, 0.2) is 59.7 Å². The molecule has 0 aliphatic rings. The number of anilines is 1. The lowest BCUT2D eigenvalue weighted by Crippen LogP contribution is -2.39. The van der Waals surface area contributed by atoms with E-state index in [0.29, 0.717) is 18.9 Å². The number of hydrogen-bond donors (Lipinski definition) is 3. The lowest BCUT2D eigenvalue weighted by atomic mass is 10.2. The zero-order valence-corrected chi connectivity index (χ0v) is 18.2. The van der Waals surface area contributed by atoms with Gasteiger partial charge in [-0.15, -0.1) is 0 Å². The van der Waals surface area contributed by atoms with Crippen LogP contribution in [0.2, 0.25) is 0 Å². The van der Waals surface area contributed by atoms with Gasteiger partial charge in [-0.05, 0) is 31.5 Å². The number of guanidine groups is 1. The average molecular weight is 420 g/mol. The Morgan fingerprint density at radius 1 is 1.16 bits per heavy atom. The van der Waals surface area contributed by atoms with E-state index in [4.69, 9.17) is 0 Å². The number of benzene rings is 1. The average Bonchev–Trinajstić information content (AvgIpc) is 3.22. The second-order valence-electron chi connectivity index (χ2n) is 7.16. The van der Waals surface area contributed by atoms with Crippen molar-refractivity contribution < 1.29 is 4.79 Å². The Labute approximate surface area is 182 Å². The summed E-state index contributed by atoms with van der Waals surface area (Å²) >= 11 is 0. The standard InChI is InChI=1S/C23H29N7O/c1-4-24-23(25-14-13-22(31)29-20-12-8-9-17(2)27-20)30(3)16-21-26-15-19(28-21)18-10-6-5-7-11-18/h5-12,15H,4,13-14,16H2,1-3H3,(H,24,25)(H,26,28)(H,27,29,31). The van der Waals surface area contributed by atoms with E-state index in [1.807, 2.05) is 74.5 Å². The number of hydrogen-bond acceptors (Lipinski definition) is 4. The van der Waals surface area contributed by atoms with Crippen molar-refractivity contribution in [3.05, 3.63) is 66.2 Å². The molecular weight excluding hydrogens is 390 g/mol. The fourth-order valence-electron chi connectivity index (χ4n) is 3.06. The smallest absolute Gasteiger partial charge is 0.227 e. The molecule has 3 N–H and O–H groups in total. The Morgan fingerprint density at radius 3 is 2.71 bits per heavy atom. The Kier molecular flexibility index (Phi) is 7.75. The topological polar surface area (TPSA) is 98.3 Å². The maximum Gasteiger partial charge on any atom is 0.227 e. The molecule has 31 heavy (non-hydrogen) atoms. The molecule has 0 aliphatic heterocycles. The van der Waals surface area contributed by atoms with Gasteiger partial charge >= 0.3 is 0 Å². The fraction of sp³-hybridized carbons (Fsp3) is 0.304. The molecule has 8 nitrogen and oxygen atoms in total. The quantitative estimate of drug-likeness (QED) is 0.385. The molecule has 2 heterocycles. The van der Waals surface area contributed by atoms with Crippen LogP contribution < -0.4 is 10.6 Å². The summed E-state index contributed by atoms with van der Waals surface area (Å²) in [5.74, 6) is 2.01. The third-order valence-electron chi connectivity index (χ3n) is 4.55. The number of aliphatic imine (C=N–C) groups is 1. The van der Waals surface area contributed by atoms with E-state index in [0.717, 1.165) is 35.3 Å². The van der Waals surface area contributed by atoms with Gasteiger partial charge in [-0.25, -0.2) is 9.97 Å². The van der Waals surface area contributed by atoms with E-state index in [-0.39, 0.29) is 12.3 Å². The molecule has 0 radical (unpaired) electrons. The molecule has 2 aromatic heterocycles. The number of aryl methyl sites for hydroxylation is 1. The van der Waals surface area contributed by atoms with Crippen LogP contribution in [0.3, 0.4) is 0 Å². The molecule has 8 heteroatoms. The molecule has 0 unspecified atom stereocenters. The predicted molar refractivity (Wildman–Crippen MR) is 124 cm³/mol. The van der Waals surface area contributed by atoms with Crippen molar-refractivity contribution in [2.24, 2.45) is 4.99 Å². The van der Waals surface area contributed by atoms with Gasteiger partial charge < -0.3 is 20.5 Å². The first kappa shape index (κ1) is 22.0. The predicted octanol–water partition coefficient (Wildman–Crippen LogP) is 3.21. The van der Waals surface area contributed by atoms with Gasteiger partial charge in [-0.2, -0.15) is 0 Å². The number of imidazole rings is 1. The van der Waals surface area contributed by atoms with Crippen molar-refractivity contribution >= 4 is 17.7 Å². The Bertz CT molecular complexity index is 1010. The van der Waals surface area contributed by atoms with Crippen LogP contribution in [0.4, 0.5) is 5.82 Å².